The molecular formula is C40H79NO3. The summed E-state index contributed by atoms with van der Waals surface area (Å²) in [6.45, 7) is 4.16. The fourth-order valence-electron chi connectivity index (χ4n) is 6.18. The number of aliphatic hydroxyl groups excluding tert-OH is 2. The van der Waals surface area contributed by atoms with Crippen molar-refractivity contribution in [1.82, 2.24) is 5.32 Å². The Labute approximate surface area is 276 Å². The van der Waals surface area contributed by atoms with Crippen LogP contribution in [0.4, 0.5) is 0 Å². The zero-order valence-corrected chi connectivity index (χ0v) is 29.9. The van der Waals surface area contributed by atoms with Gasteiger partial charge in [-0.3, -0.25) is 4.79 Å². The summed E-state index contributed by atoms with van der Waals surface area (Å²) < 4.78 is 0. The van der Waals surface area contributed by atoms with Crippen molar-refractivity contribution in [3.8, 4) is 0 Å². The molecule has 0 aromatic carbocycles. The summed E-state index contributed by atoms with van der Waals surface area (Å²) in [4.78, 5) is 11.9. The molecule has 0 aliphatic heterocycles. The Kier molecular flexibility index (Phi) is 35.9. The molecule has 0 aliphatic rings. The smallest absolute Gasteiger partial charge is 0.220 e. The van der Waals surface area contributed by atoms with Crippen LogP contribution in [-0.2, 0) is 4.79 Å². The third kappa shape index (κ3) is 32.5. The molecule has 0 aromatic rings. The van der Waals surface area contributed by atoms with E-state index >= 15 is 0 Å². The first-order valence-electron chi connectivity index (χ1n) is 19.9. The summed E-state index contributed by atoms with van der Waals surface area (Å²) in [6, 6.07) is -0.612. The van der Waals surface area contributed by atoms with E-state index in [0.717, 1.165) is 32.1 Å². The van der Waals surface area contributed by atoms with Crippen LogP contribution in [-0.4, -0.2) is 34.9 Å². The van der Waals surface area contributed by atoms with Gasteiger partial charge < -0.3 is 15.5 Å². The van der Waals surface area contributed by atoms with Crippen molar-refractivity contribution in [2.45, 2.75) is 231 Å². The lowest BCUT2D eigenvalue weighted by Gasteiger charge is -2.19. The maximum Gasteiger partial charge on any atom is 0.220 e. The molecule has 4 heteroatoms. The van der Waals surface area contributed by atoms with Gasteiger partial charge in [-0.15, -0.1) is 0 Å². The highest BCUT2D eigenvalue weighted by Crippen LogP contribution is 2.16. The van der Waals surface area contributed by atoms with Crippen LogP contribution in [0.25, 0.3) is 0 Å². The van der Waals surface area contributed by atoms with E-state index in [0.29, 0.717) is 6.42 Å². The summed E-state index contributed by atoms with van der Waals surface area (Å²) in [7, 11) is 0. The first-order chi connectivity index (χ1) is 21.7. The van der Waals surface area contributed by atoms with E-state index in [4.69, 9.17) is 0 Å². The van der Waals surface area contributed by atoms with Gasteiger partial charge in [0.15, 0.2) is 0 Å². The van der Waals surface area contributed by atoms with Gasteiger partial charge in [0.1, 0.15) is 0 Å². The first kappa shape index (κ1) is 43.1. The maximum absolute atomic E-state index is 11.9. The Hall–Kier alpha value is -0.870. The normalized spacial score (nSPS) is 13.1. The van der Waals surface area contributed by atoms with Gasteiger partial charge in [0.2, 0.25) is 5.91 Å². The lowest BCUT2D eigenvalue weighted by Crippen LogP contribution is -2.45. The molecule has 0 aromatic heterocycles. The Bertz CT molecular complexity index is 593. The topological polar surface area (TPSA) is 69.6 Å². The van der Waals surface area contributed by atoms with Crippen molar-refractivity contribution in [2.75, 3.05) is 6.61 Å². The minimum atomic E-state index is -0.830. The molecule has 0 rings (SSSR count). The molecule has 262 valence electrons. The fraction of sp³-hybridized carbons (Fsp3) is 0.925. The molecule has 0 fully saturated rings. The summed E-state index contributed by atoms with van der Waals surface area (Å²) in [5.41, 5.74) is 0. The molecule has 0 spiro atoms. The van der Waals surface area contributed by atoms with Crippen LogP contribution < -0.4 is 5.32 Å². The molecule has 2 atom stereocenters. The third-order valence-corrected chi connectivity index (χ3v) is 9.27. The first-order valence-corrected chi connectivity index (χ1v) is 19.9. The number of rotatable bonds is 36. The molecular weight excluding hydrogens is 542 g/mol. The lowest BCUT2D eigenvalue weighted by molar-refractivity contribution is -0.123. The number of nitrogens with one attached hydrogen (secondary N) is 1. The van der Waals surface area contributed by atoms with Crippen LogP contribution in [0.15, 0.2) is 12.2 Å². The predicted molar refractivity (Wildman–Crippen MR) is 193 cm³/mol. The predicted octanol–water partition coefficient (Wildman–Crippen LogP) is 11.9. The Morgan fingerprint density at radius 3 is 1.18 bits per heavy atom. The monoisotopic (exact) mass is 622 g/mol. The average Bonchev–Trinajstić information content (AvgIpc) is 3.02. The quantitative estimate of drug-likeness (QED) is 0.0481. The second-order valence-corrected chi connectivity index (χ2v) is 13.7. The summed E-state index contributed by atoms with van der Waals surface area (Å²) in [5, 5.41) is 22.5. The van der Waals surface area contributed by atoms with Crippen molar-refractivity contribution < 1.29 is 15.0 Å². The van der Waals surface area contributed by atoms with Crippen molar-refractivity contribution in [3.63, 3.8) is 0 Å². The molecule has 1 amide bonds. The molecule has 0 radical (unpaired) electrons. The number of carbonyl (C=O) groups is 1. The largest absolute Gasteiger partial charge is 0.394 e. The number of hydrogen-bond donors (Lipinski definition) is 3. The van der Waals surface area contributed by atoms with Gasteiger partial charge in [0, 0.05) is 6.42 Å². The Morgan fingerprint density at radius 1 is 0.523 bits per heavy atom. The van der Waals surface area contributed by atoms with E-state index in [1.54, 1.807) is 6.08 Å². The van der Waals surface area contributed by atoms with E-state index in [1.165, 1.54) is 167 Å². The summed E-state index contributed by atoms with van der Waals surface area (Å²) >= 11 is 0. The van der Waals surface area contributed by atoms with Crippen molar-refractivity contribution in [1.29, 1.82) is 0 Å². The number of carbonyl (C=O) groups excluding carboxylic acids is 1. The van der Waals surface area contributed by atoms with E-state index in [1.807, 2.05) is 6.08 Å². The van der Waals surface area contributed by atoms with Gasteiger partial charge in [0.25, 0.3) is 0 Å². The number of aliphatic hydroxyl groups is 2. The number of allylic oxidation sites excluding steroid dienone is 1. The zero-order valence-electron chi connectivity index (χ0n) is 29.9. The highest BCUT2D eigenvalue weighted by Gasteiger charge is 2.17. The van der Waals surface area contributed by atoms with Gasteiger partial charge in [-0.25, -0.2) is 0 Å². The SMILES string of the molecule is CCCCCCCCCCCCCCCCCCCCCCCCCCCCC/C=C/C(O)C(CO)NC(=O)CCCCC. The fourth-order valence-corrected chi connectivity index (χ4v) is 6.18. The van der Waals surface area contributed by atoms with Crippen molar-refractivity contribution >= 4 is 5.91 Å². The summed E-state index contributed by atoms with van der Waals surface area (Å²) in [5.74, 6) is -0.0875. The molecule has 0 bridgehead atoms. The second kappa shape index (κ2) is 36.6. The van der Waals surface area contributed by atoms with Crippen LogP contribution in [0.3, 0.4) is 0 Å². The molecule has 0 saturated heterocycles. The highest BCUT2D eigenvalue weighted by atomic mass is 16.3. The van der Waals surface area contributed by atoms with E-state index in [9.17, 15) is 15.0 Å². The number of hydrogen-bond acceptors (Lipinski definition) is 3. The minimum absolute atomic E-state index is 0.0875. The van der Waals surface area contributed by atoms with Gasteiger partial charge >= 0.3 is 0 Å². The zero-order chi connectivity index (χ0) is 32.2. The second-order valence-electron chi connectivity index (χ2n) is 13.7. The molecule has 0 heterocycles. The van der Waals surface area contributed by atoms with Crippen molar-refractivity contribution in [2.24, 2.45) is 0 Å². The maximum atomic E-state index is 11.9. The third-order valence-electron chi connectivity index (χ3n) is 9.27. The van der Waals surface area contributed by atoms with Gasteiger partial charge in [-0.05, 0) is 19.3 Å². The number of amides is 1. The molecule has 44 heavy (non-hydrogen) atoms. The standard InChI is InChI=1S/C40H79NO3/c1-3-5-7-8-9-10-11-12-13-14-15-16-17-18-19-20-21-22-23-24-25-26-27-28-29-30-31-32-34-35-39(43)38(37-42)41-40(44)36-33-6-4-2/h34-35,38-39,42-43H,3-33,36-37H2,1-2H3,(H,41,44)/b35-34+. The van der Waals surface area contributed by atoms with E-state index < -0.39 is 12.1 Å². The van der Waals surface area contributed by atoms with Crippen LogP contribution in [0.1, 0.15) is 219 Å². The lowest BCUT2D eigenvalue weighted by atomic mass is 10.0. The van der Waals surface area contributed by atoms with Crippen LogP contribution in [0.5, 0.6) is 0 Å². The Morgan fingerprint density at radius 2 is 0.841 bits per heavy atom. The number of unbranched alkanes of at least 4 members (excludes halogenated alkanes) is 29. The van der Waals surface area contributed by atoms with E-state index in [2.05, 4.69) is 19.2 Å². The summed E-state index contributed by atoms with van der Waals surface area (Å²) in [6.07, 6.45) is 45.4. The van der Waals surface area contributed by atoms with E-state index in [-0.39, 0.29) is 12.5 Å². The molecule has 3 N–H and O–H groups in total. The van der Waals surface area contributed by atoms with Crippen LogP contribution in [0, 0.1) is 0 Å². The molecule has 4 nitrogen and oxygen atoms in total. The Balaban J connectivity index is 3.32. The molecule has 0 aliphatic carbocycles. The van der Waals surface area contributed by atoms with Crippen LogP contribution >= 0.6 is 0 Å². The van der Waals surface area contributed by atoms with Crippen molar-refractivity contribution in [3.05, 3.63) is 12.2 Å². The van der Waals surface area contributed by atoms with Gasteiger partial charge in [-0.1, -0.05) is 206 Å². The molecule has 0 saturated carbocycles. The highest BCUT2D eigenvalue weighted by molar-refractivity contribution is 5.76. The van der Waals surface area contributed by atoms with Gasteiger partial charge in [0.05, 0.1) is 18.8 Å². The van der Waals surface area contributed by atoms with Crippen LogP contribution in [0.2, 0.25) is 0 Å². The average molecular weight is 622 g/mol. The van der Waals surface area contributed by atoms with Gasteiger partial charge in [-0.2, -0.15) is 0 Å². The molecule has 2 unspecified atom stereocenters. The minimum Gasteiger partial charge on any atom is -0.394 e.